The smallest absolute Gasteiger partial charge is 0.356 e. The summed E-state index contributed by atoms with van der Waals surface area (Å²) in [7, 11) is 1.76. The largest absolute Gasteiger partial charge is 0.476 e. The fourth-order valence-electron chi connectivity index (χ4n) is 3.96. The number of fused-ring (bicyclic) bond motifs is 2. The molecular weight excluding hydrogens is 396 g/mol. The molecule has 1 aliphatic heterocycles. The SMILES string of the molecule is CNc1cc(N2CCc3c(-c4ccc(C=O)cn4)cccc32)nn2c(C(=O)O)cnc12. The van der Waals surface area contributed by atoms with Gasteiger partial charge >= 0.3 is 5.97 Å². The summed E-state index contributed by atoms with van der Waals surface area (Å²) in [6.45, 7) is 0.692. The molecule has 31 heavy (non-hydrogen) atoms. The zero-order chi connectivity index (χ0) is 21.5. The lowest BCUT2D eigenvalue weighted by Crippen LogP contribution is -2.17. The third-order valence-corrected chi connectivity index (χ3v) is 5.45. The number of nitrogens with zero attached hydrogens (tertiary/aromatic N) is 5. The number of hydrogen-bond acceptors (Lipinski definition) is 7. The average Bonchev–Trinajstić information content (AvgIpc) is 3.42. The molecule has 0 unspecified atom stereocenters. The predicted octanol–water partition coefficient (Wildman–Crippen LogP) is 3.04. The Balaban J connectivity index is 1.62. The molecule has 1 aromatic carbocycles. The molecule has 0 spiro atoms. The Kier molecular flexibility index (Phi) is 4.36. The second-order valence-corrected chi connectivity index (χ2v) is 7.15. The maximum absolute atomic E-state index is 11.6. The molecule has 9 heteroatoms. The summed E-state index contributed by atoms with van der Waals surface area (Å²) in [5.41, 5.74) is 5.60. The van der Waals surface area contributed by atoms with Gasteiger partial charge in [-0.05, 0) is 30.2 Å². The number of benzene rings is 1. The van der Waals surface area contributed by atoms with Crippen molar-refractivity contribution in [3.63, 3.8) is 0 Å². The van der Waals surface area contributed by atoms with Crippen LogP contribution in [0.4, 0.5) is 17.2 Å². The maximum Gasteiger partial charge on any atom is 0.356 e. The van der Waals surface area contributed by atoms with Crippen molar-refractivity contribution < 1.29 is 14.7 Å². The normalized spacial score (nSPS) is 12.7. The van der Waals surface area contributed by atoms with E-state index in [1.165, 1.54) is 10.7 Å². The van der Waals surface area contributed by atoms with E-state index in [1.54, 1.807) is 19.3 Å². The number of imidazole rings is 1. The molecule has 5 rings (SSSR count). The molecule has 2 N–H and O–H groups in total. The van der Waals surface area contributed by atoms with Crippen LogP contribution in [-0.2, 0) is 6.42 Å². The van der Waals surface area contributed by atoms with Crippen LogP contribution in [0.15, 0.2) is 48.8 Å². The second kappa shape index (κ2) is 7.21. The lowest BCUT2D eigenvalue weighted by atomic mass is 10.0. The van der Waals surface area contributed by atoms with Gasteiger partial charge in [0.15, 0.2) is 23.4 Å². The Morgan fingerprint density at radius 1 is 1.19 bits per heavy atom. The van der Waals surface area contributed by atoms with Crippen LogP contribution in [0.3, 0.4) is 0 Å². The second-order valence-electron chi connectivity index (χ2n) is 7.15. The highest BCUT2D eigenvalue weighted by Gasteiger charge is 2.26. The van der Waals surface area contributed by atoms with Gasteiger partial charge in [-0.15, -0.1) is 5.10 Å². The molecule has 4 heterocycles. The highest BCUT2D eigenvalue weighted by Crippen LogP contribution is 2.39. The highest BCUT2D eigenvalue weighted by molar-refractivity contribution is 5.88. The number of aromatic carboxylic acids is 1. The maximum atomic E-state index is 11.6. The Bertz CT molecular complexity index is 1330. The van der Waals surface area contributed by atoms with Gasteiger partial charge in [-0.25, -0.2) is 14.3 Å². The van der Waals surface area contributed by atoms with Gasteiger partial charge in [0.2, 0.25) is 0 Å². The van der Waals surface area contributed by atoms with E-state index in [-0.39, 0.29) is 5.69 Å². The van der Waals surface area contributed by atoms with E-state index in [0.29, 0.717) is 29.3 Å². The van der Waals surface area contributed by atoms with Crippen molar-refractivity contribution in [1.82, 2.24) is 19.6 Å². The summed E-state index contributed by atoms with van der Waals surface area (Å²) >= 11 is 0. The predicted molar refractivity (Wildman–Crippen MR) is 115 cm³/mol. The molecular formula is C22H18N6O3. The van der Waals surface area contributed by atoms with Crippen molar-refractivity contribution >= 4 is 35.1 Å². The zero-order valence-corrected chi connectivity index (χ0v) is 16.6. The van der Waals surface area contributed by atoms with E-state index in [1.807, 2.05) is 30.3 Å². The van der Waals surface area contributed by atoms with Gasteiger partial charge in [0, 0.05) is 42.7 Å². The standard InChI is InChI=1S/C22H18N6O3/c1-23-17-9-20(26-28-19(22(30)31)11-25-21(17)28)27-8-7-15-14(3-2-4-18(15)27)16-6-5-13(12-29)10-24-16/h2-6,9-12,23H,7-8H2,1H3,(H,30,31). The van der Waals surface area contributed by atoms with Crippen LogP contribution in [0.25, 0.3) is 16.9 Å². The van der Waals surface area contributed by atoms with Gasteiger partial charge in [-0.2, -0.15) is 0 Å². The van der Waals surface area contributed by atoms with Crippen molar-refractivity contribution in [2.75, 3.05) is 23.8 Å². The topological polar surface area (TPSA) is 113 Å². The summed E-state index contributed by atoms with van der Waals surface area (Å²) in [4.78, 5) is 33.2. The third kappa shape index (κ3) is 2.98. The fraction of sp³-hybridized carbons (Fsp3) is 0.136. The minimum Gasteiger partial charge on any atom is -0.476 e. The highest BCUT2D eigenvalue weighted by atomic mass is 16.4. The van der Waals surface area contributed by atoms with Crippen LogP contribution >= 0.6 is 0 Å². The molecule has 9 nitrogen and oxygen atoms in total. The molecule has 0 aliphatic carbocycles. The number of hydrogen-bond donors (Lipinski definition) is 2. The Morgan fingerprint density at radius 3 is 2.77 bits per heavy atom. The lowest BCUT2D eigenvalue weighted by molar-refractivity contribution is 0.0688. The molecule has 0 saturated carbocycles. The number of carbonyl (C=O) groups excluding carboxylic acids is 1. The van der Waals surface area contributed by atoms with Crippen LogP contribution in [0, 0.1) is 0 Å². The number of aromatic nitrogens is 4. The number of rotatable bonds is 5. The first-order valence-electron chi connectivity index (χ1n) is 9.71. The molecule has 0 bridgehead atoms. The van der Waals surface area contributed by atoms with E-state index in [9.17, 15) is 14.7 Å². The first-order valence-corrected chi connectivity index (χ1v) is 9.71. The van der Waals surface area contributed by atoms with Gasteiger partial charge in [0.25, 0.3) is 0 Å². The molecule has 0 radical (unpaired) electrons. The van der Waals surface area contributed by atoms with Crippen LogP contribution in [0.1, 0.15) is 26.4 Å². The van der Waals surface area contributed by atoms with Gasteiger partial charge in [0.05, 0.1) is 17.6 Å². The summed E-state index contributed by atoms with van der Waals surface area (Å²) in [6.07, 6.45) is 4.43. The average molecular weight is 414 g/mol. The molecule has 4 aromatic rings. The summed E-state index contributed by atoms with van der Waals surface area (Å²) in [5, 5.41) is 17.1. The van der Waals surface area contributed by atoms with E-state index in [2.05, 4.69) is 25.3 Å². The van der Waals surface area contributed by atoms with Gasteiger partial charge in [0.1, 0.15) is 0 Å². The molecule has 0 saturated heterocycles. The molecule has 1 aliphatic rings. The van der Waals surface area contributed by atoms with Crippen LogP contribution < -0.4 is 10.2 Å². The molecule has 3 aromatic heterocycles. The minimum atomic E-state index is -1.09. The minimum absolute atomic E-state index is 0.000916. The van der Waals surface area contributed by atoms with Crippen LogP contribution in [-0.4, -0.2) is 50.5 Å². The van der Waals surface area contributed by atoms with E-state index >= 15 is 0 Å². The van der Waals surface area contributed by atoms with Crippen molar-refractivity contribution in [2.24, 2.45) is 0 Å². The van der Waals surface area contributed by atoms with Crippen molar-refractivity contribution in [3.8, 4) is 11.3 Å². The Morgan fingerprint density at radius 2 is 2.06 bits per heavy atom. The number of anilines is 3. The number of aldehydes is 1. The third-order valence-electron chi connectivity index (χ3n) is 5.45. The molecule has 0 fully saturated rings. The van der Waals surface area contributed by atoms with Gasteiger partial charge in [-0.1, -0.05) is 12.1 Å². The van der Waals surface area contributed by atoms with Gasteiger partial charge < -0.3 is 15.3 Å². The molecule has 154 valence electrons. The number of nitrogens with one attached hydrogen (secondary N) is 1. The monoisotopic (exact) mass is 414 g/mol. The van der Waals surface area contributed by atoms with Crippen LogP contribution in [0.2, 0.25) is 0 Å². The zero-order valence-electron chi connectivity index (χ0n) is 16.6. The molecule has 0 atom stereocenters. The summed E-state index contributed by atoms with van der Waals surface area (Å²) in [6, 6.07) is 11.5. The van der Waals surface area contributed by atoms with Crippen LogP contribution in [0.5, 0.6) is 0 Å². The number of carbonyl (C=O) groups is 2. The quantitative estimate of drug-likeness (QED) is 0.479. The van der Waals surface area contributed by atoms with Crippen molar-refractivity contribution in [1.29, 1.82) is 0 Å². The lowest BCUT2D eigenvalue weighted by Gasteiger charge is -2.20. The summed E-state index contributed by atoms with van der Waals surface area (Å²) in [5.74, 6) is -0.467. The summed E-state index contributed by atoms with van der Waals surface area (Å²) < 4.78 is 1.35. The van der Waals surface area contributed by atoms with Crippen molar-refractivity contribution in [2.45, 2.75) is 6.42 Å². The number of pyridine rings is 1. The first kappa shape index (κ1) is 18.7. The number of carboxylic acid groups (broad SMARTS) is 1. The molecule has 0 amide bonds. The van der Waals surface area contributed by atoms with E-state index < -0.39 is 5.97 Å². The number of carboxylic acids is 1. The van der Waals surface area contributed by atoms with Gasteiger partial charge in [-0.3, -0.25) is 9.78 Å². The van der Waals surface area contributed by atoms with E-state index in [4.69, 9.17) is 0 Å². The Hall–Kier alpha value is -4.27. The first-order chi connectivity index (χ1) is 15.1. The van der Waals surface area contributed by atoms with Crippen molar-refractivity contribution in [3.05, 3.63) is 65.6 Å². The fourth-order valence-corrected chi connectivity index (χ4v) is 3.96. The Labute approximate surface area is 177 Å². The van der Waals surface area contributed by atoms with E-state index in [0.717, 1.165) is 35.2 Å².